The van der Waals surface area contributed by atoms with Gasteiger partial charge in [0.2, 0.25) is 0 Å². The topological polar surface area (TPSA) is 15.3 Å². The lowest BCUT2D eigenvalue weighted by Gasteiger charge is -2.41. The molecule has 0 bridgehead atoms. The van der Waals surface area contributed by atoms with Crippen molar-refractivity contribution < 1.29 is 0 Å². The van der Waals surface area contributed by atoms with Gasteiger partial charge in [-0.15, -0.1) is 0 Å². The number of nitrogens with one attached hydrogen (secondary N) is 1. The van der Waals surface area contributed by atoms with Gasteiger partial charge in [-0.2, -0.15) is 0 Å². The molecule has 0 amide bonds. The standard InChI is InChI=1S/C17H32N2/c1-13(2)15-9-17(18-16-7-8-16)12-19(11-15)10-14-5-3-4-6-14/h13-18H,3-12H2,1-2H3. The normalized spacial score (nSPS) is 34.3. The summed E-state index contributed by atoms with van der Waals surface area (Å²) < 4.78 is 0. The zero-order valence-electron chi connectivity index (χ0n) is 12.9. The lowest BCUT2D eigenvalue weighted by Crippen LogP contribution is -2.51. The highest BCUT2D eigenvalue weighted by Crippen LogP contribution is 2.30. The van der Waals surface area contributed by atoms with E-state index < -0.39 is 0 Å². The van der Waals surface area contributed by atoms with Crippen molar-refractivity contribution in [1.29, 1.82) is 0 Å². The molecule has 0 aromatic rings. The van der Waals surface area contributed by atoms with E-state index in [1.807, 2.05) is 0 Å². The highest BCUT2D eigenvalue weighted by molar-refractivity contribution is 4.91. The van der Waals surface area contributed by atoms with Crippen LogP contribution >= 0.6 is 0 Å². The van der Waals surface area contributed by atoms with Crippen molar-refractivity contribution in [1.82, 2.24) is 10.2 Å². The minimum atomic E-state index is 0.773. The van der Waals surface area contributed by atoms with Gasteiger partial charge < -0.3 is 10.2 Å². The molecule has 2 atom stereocenters. The second kappa shape index (κ2) is 6.13. The molecule has 19 heavy (non-hydrogen) atoms. The number of nitrogens with zero attached hydrogens (tertiary/aromatic N) is 1. The first kappa shape index (κ1) is 13.9. The first-order valence-corrected chi connectivity index (χ1v) is 8.69. The van der Waals surface area contributed by atoms with E-state index in [0.717, 1.165) is 29.8 Å². The fourth-order valence-corrected chi connectivity index (χ4v) is 4.13. The summed E-state index contributed by atoms with van der Waals surface area (Å²) in [6.45, 7) is 8.88. The minimum absolute atomic E-state index is 0.773. The molecule has 3 aliphatic rings. The lowest BCUT2D eigenvalue weighted by molar-refractivity contribution is 0.101. The number of piperidine rings is 1. The van der Waals surface area contributed by atoms with Crippen molar-refractivity contribution in [2.45, 2.75) is 70.9 Å². The average Bonchev–Trinajstić information content (AvgIpc) is 3.03. The zero-order chi connectivity index (χ0) is 13.2. The van der Waals surface area contributed by atoms with Crippen molar-refractivity contribution in [3.63, 3.8) is 0 Å². The van der Waals surface area contributed by atoms with Crippen LogP contribution in [0.4, 0.5) is 0 Å². The lowest BCUT2D eigenvalue weighted by atomic mass is 9.85. The average molecular weight is 264 g/mol. The fraction of sp³-hybridized carbons (Fsp3) is 1.00. The van der Waals surface area contributed by atoms with Gasteiger partial charge in [-0.3, -0.25) is 0 Å². The van der Waals surface area contributed by atoms with E-state index in [0.29, 0.717) is 0 Å². The van der Waals surface area contributed by atoms with E-state index in [2.05, 4.69) is 24.1 Å². The maximum Gasteiger partial charge on any atom is 0.0200 e. The van der Waals surface area contributed by atoms with Gasteiger partial charge in [0.1, 0.15) is 0 Å². The molecule has 2 nitrogen and oxygen atoms in total. The van der Waals surface area contributed by atoms with Crippen LogP contribution in [0, 0.1) is 17.8 Å². The van der Waals surface area contributed by atoms with E-state index in [1.54, 1.807) is 0 Å². The first-order chi connectivity index (χ1) is 9.20. The Morgan fingerprint density at radius 2 is 1.74 bits per heavy atom. The third kappa shape index (κ3) is 3.95. The Morgan fingerprint density at radius 1 is 1.00 bits per heavy atom. The van der Waals surface area contributed by atoms with Crippen LogP contribution in [0.2, 0.25) is 0 Å². The van der Waals surface area contributed by atoms with Gasteiger partial charge >= 0.3 is 0 Å². The molecule has 2 aliphatic carbocycles. The summed E-state index contributed by atoms with van der Waals surface area (Å²) in [5, 5.41) is 3.89. The predicted molar refractivity (Wildman–Crippen MR) is 81.3 cm³/mol. The Morgan fingerprint density at radius 3 is 2.37 bits per heavy atom. The second-order valence-corrected chi connectivity index (χ2v) is 7.75. The van der Waals surface area contributed by atoms with E-state index in [9.17, 15) is 0 Å². The van der Waals surface area contributed by atoms with Crippen molar-refractivity contribution >= 4 is 0 Å². The highest BCUT2D eigenvalue weighted by Gasteiger charge is 2.33. The first-order valence-electron chi connectivity index (χ1n) is 8.69. The van der Waals surface area contributed by atoms with Crippen LogP contribution in [0.5, 0.6) is 0 Å². The van der Waals surface area contributed by atoms with Crippen LogP contribution < -0.4 is 5.32 Å². The molecule has 2 unspecified atom stereocenters. The Balaban J connectivity index is 1.54. The highest BCUT2D eigenvalue weighted by atomic mass is 15.2. The van der Waals surface area contributed by atoms with Crippen LogP contribution in [0.25, 0.3) is 0 Å². The van der Waals surface area contributed by atoms with Crippen LogP contribution in [0.1, 0.15) is 58.8 Å². The summed E-state index contributed by atoms with van der Waals surface area (Å²) in [6.07, 6.45) is 10.2. The van der Waals surface area contributed by atoms with Crippen molar-refractivity contribution in [2.24, 2.45) is 17.8 Å². The molecule has 2 heteroatoms. The van der Waals surface area contributed by atoms with E-state index in [4.69, 9.17) is 0 Å². The number of hydrogen-bond donors (Lipinski definition) is 1. The van der Waals surface area contributed by atoms with Gasteiger partial charge in [0.25, 0.3) is 0 Å². The number of hydrogen-bond acceptors (Lipinski definition) is 2. The Hall–Kier alpha value is -0.0800. The monoisotopic (exact) mass is 264 g/mol. The quantitative estimate of drug-likeness (QED) is 0.820. The van der Waals surface area contributed by atoms with E-state index in [1.165, 1.54) is 64.6 Å². The van der Waals surface area contributed by atoms with Crippen LogP contribution in [-0.2, 0) is 0 Å². The minimum Gasteiger partial charge on any atom is -0.310 e. The SMILES string of the molecule is CC(C)C1CC(NC2CC2)CN(CC2CCCC2)C1. The van der Waals surface area contributed by atoms with Gasteiger partial charge in [0.05, 0.1) is 0 Å². The summed E-state index contributed by atoms with van der Waals surface area (Å²) in [6, 6.07) is 1.64. The third-order valence-corrected chi connectivity index (χ3v) is 5.54. The fourth-order valence-electron chi connectivity index (χ4n) is 4.13. The largest absolute Gasteiger partial charge is 0.310 e. The van der Waals surface area contributed by atoms with Gasteiger partial charge in [-0.25, -0.2) is 0 Å². The molecular formula is C17H32N2. The maximum atomic E-state index is 3.89. The molecule has 0 aromatic carbocycles. The van der Waals surface area contributed by atoms with Gasteiger partial charge in [-0.1, -0.05) is 26.7 Å². The second-order valence-electron chi connectivity index (χ2n) is 7.75. The smallest absolute Gasteiger partial charge is 0.0200 e. The molecule has 110 valence electrons. The Labute approximate surface area is 119 Å². The van der Waals surface area contributed by atoms with E-state index in [-0.39, 0.29) is 0 Å². The molecule has 1 N–H and O–H groups in total. The maximum absolute atomic E-state index is 3.89. The van der Waals surface area contributed by atoms with Crippen LogP contribution in [0.15, 0.2) is 0 Å². The molecule has 3 fully saturated rings. The van der Waals surface area contributed by atoms with Crippen LogP contribution in [-0.4, -0.2) is 36.6 Å². The van der Waals surface area contributed by atoms with Crippen molar-refractivity contribution in [3.05, 3.63) is 0 Å². The van der Waals surface area contributed by atoms with Crippen molar-refractivity contribution in [3.8, 4) is 0 Å². The van der Waals surface area contributed by atoms with Crippen molar-refractivity contribution in [2.75, 3.05) is 19.6 Å². The molecule has 0 aromatic heterocycles. The molecule has 1 saturated heterocycles. The van der Waals surface area contributed by atoms with Gasteiger partial charge in [0, 0.05) is 31.7 Å². The molecule has 0 radical (unpaired) electrons. The molecular weight excluding hydrogens is 232 g/mol. The molecule has 1 heterocycles. The molecule has 0 spiro atoms. The molecule has 2 saturated carbocycles. The summed E-state index contributed by atoms with van der Waals surface area (Å²) in [5.74, 6) is 2.76. The summed E-state index contributed by atoms with van der Waals surface area (Å²) in [5.41, 5.74) is 0. The zero-order valence-corrected chi connectivity index (χ0v) is 12.9. The number of rotatable bonds is 5. The van der Waals surface area contributed by atoms with Gasteiger partial charge in [-0.05, 0) is 49.9 Å². The molecule has 3 rings (SSSR count). The summed E-state index contributed by atoms with van der Waals surface area (Å²) in [4.78, 5) is 2.80. The summed E-state index contributed by atoms with van der Waals surface area (Å²) >= 11 is 0. The third-order valence-electron chi connectivity index (χ3n) is 5.54. The van der Waals surface area contributed by atoms with Crippen LogP contribution in [0.3, 0.4) is 0 Å². The molecule has 1 aliphatic heterocycles. The van der Waals surface area contributed by atoms with Gasteiger partial charge in [0.15, 0.2) is 0 Å². The predicted octanol–water partition coefficient (Wildman–Crippen LogP) is 3.28. The Bertz CT molecular complexity index is 277. The van der Waals surface area contributed by atoms with E-state index >= 15 is 0 Å². The Kier molecular flexibility index (Phi) is 4.48. The number of likely N-dealkylation sites (tertiary alicyclic amines) is 1. The summed E-state index contributed by atoms with van der Waals surface area (Å²) in [7, 11) is 0.